The average molecular weight is 253 g/mol. The number of nitrogens with zero attached hydrogens (tertiary/aromatic N) is 4. The van der Waals surface area contributed by atoms with Crippen molar-refractivity contribution in [1.82, 2.24) is 19.6 Å². The molecule has 0 radical (unpaired) electrons. The standard InChI is InChI=1S/C14H15N5/c1-14(2,10-3-5-11(15)6-4-10)13-18-17-12-9-16-7-8-19(12)13/h3-9H,15H2,1-2H3. The van der Waals surface area contributed by atoms with E-state index in [0.717, 1.165) is 22.7 Å². The molecule has 0 amide bonds. The fourth-order valence-corrected chi connectivity index (χ4v) is 2.21. The second kappa shape index (κ2) is 4.05. The van der Waals surface area contributed by atoms with Gasteiger partial charge in [-0.1, -0.05) is 12.1 Å². The molecule has 2 aromatic heterocycles. The van der Waals surface area contributed by atoms with Crippen LogP contribution in [0.3, 0.4) is 0 Å². The van der Waals surface area contributed by atoms with Gasteiger partial charge < -0.3 is 5.73 Å². The van der Waals surface area contributed by atoms with E-state index in [-0.39, 0.29) is 5.41 Å². The number of benzene rings is 1. The molecule has 19 heavy (non-hydrogen) atoms. The minimum absolute atomic E-state index is 0.255. The van der Waals surface area contributed by atoms with Gasteiger partial charge in [-0.05, 0) is 31.5 Å². The number of anilines is 1. The lowest BCUT2D eigenvalue weighted by Crippen LogP contribution is -2.22. The predicted molar refractivity (Wildman–Crippen MR) is 73.8 cm³/mol. The topological polar surface area (TPSA) is 69.1 Å². The highest BCUT2D eigenvalue weighted by molar-refractivity contribution is 5.44. The van der Waals surface area contributed by atoms with Crippen molar-refractivity contribution in [2.45, 2.75) is 19.3 Å². The second-order valence-electron chi connectivity index (χ2n) is 5.08. The van der Waals surface area contributed by atoms with E-state index >= 15 is 0 Å². The smallest absolute Gasteiger partial charge is 0.179 e. The van der Waals surface area contributed by atoms with Gasteiger partial charge in [-0.2, -0.15) is 0 Å². The molecule has 3 rings (SSSR count). The van der Waals surface area contributed by atoms with E-state index in [1.165, 1.54) is 0 Å². The number of nitrogen functional groups attached to an aromatic ring is 1. The Labute approximate surface area is 111 Å². The molecule has 0 fully saturated rings. The Hall–Kier alpha value is -2.43. The Morgan fingerprint density at radius 3 is 2.58 bits per heavy atom. The quantitative estimate of drug-likeness (QED) is 0.709. The number of fused-ring (bicyclic) bond motifs is 1. The van der Waals surface area contributed by atoms with Gasteiger partial charge in [0.2, 0.25) is 0 Å². The summed E-state index contributed by atoms with van der Waals surface area (Å²) in [5.74, 6) is 0.884. The van der Waals surface area contributed by atoms with Crippen LogP contribution < -0.4 is 5.73 Å². The molecule has 2 heterocycles. The van der Waals surface area contributed by atoms with E-state index in [4.69, 9.17) is 5.73 Å². The Balaban J connectivity index is 2.16. The van der Waals surface area contributed by atoms with E-state index in [1.54, 1.807) is 12.4 Å². The first-order valence-electron chi connectivity index (χ1n) is 6.10. The predicted octanol–water partition coefficient (Wildman–Crippen LogP) is 2.03. The Morgan fingerprint density at radius 2 is 1.84 bits per heavy atom. The maximum atomic E-state index is 5.74. The summed E-state index contributed by atoms with van der Waals surface area (Å²) in [4.78, 5) is 4.05. The van der Waals surface area contributed by atoms with E-state index < -0.39 is 0 Å². The highest BCUT2D eigenvalue weighted by Gasteiger charge is 2.28. The van der Waals surface area contributed by atoms with Crippen LogP contribution in [0.2, 0.25) is 0 Å². The van der Waals surface area contributed by atoms with Gasteiger partial charge in [0, 0.05) is 18.1 Å². The molecule has 5 heteroatoms. The largest absolute Gasteiger partial charge is 0.399 e. The summed E-state index contributed by atoms with van der Waals surface area (Å²) in [5, 5.41) is 8.46. The van der Waals surface area contributed by atoms with Gasteiger partial charge in [0.15, 0.2) is 5.65 Å². The molecule has 0 aliphatic carbocycles. The fraction of sp³-hybridized carbons (Fsp3) is 0.214. The monoisotopic (exact) mass is 253 g/mol. The van der Waals surface area contributed by atoms with Crippen molar-refractivity contribution < 1.29 is 0 Å². The van der Waals surface area contributed by atoms with E-state index in [9.17, 15) is 0 Å². The van der Waals surface area contributed by atoms with Crippen LogP contribution in [0.5, 0.6) is 0 Å². The summed E-state index contributed by atoms with van der Waals surface area (Å²) in [6, 6.07) is 7.86. The second-order valence-corrected chi connectivity index (χ2v) is 5.08. The molecule has 0 aliphatic heterocycles. The van der Waals surface area contributed by atoms with Crippen LogP contribution in [-0.2, 0) is 5.41 Å². The third-order valence-corrected chi connectivity index (χ3v) is 3.41. The summed E-state index contributed by atoms with van der Waals surface area (Å²) < 4.78 is 1.96. The van der Waals surface area contributed by atoms with Gasteiger partial charge >= 0.3 is 0 Å². The summed E-state index contributed by atoms with van der Waals surface area (Å²) in [7, 11) is 0. The maximum absolute atomic E-state index is 5.74. The SMILES string of the molecule is CC(C)(c1ccc(N)cc1)c1nnc2cnccn12. The lowest BCUT2D eigenvalue weighted by Gasteiger charge is -2.23. The van der Waals surface area contributed by atoms with Crippen molar-refractivity contribution in [3.8, 4) is 0 Å². The number of hydrogen-bond acceptors (Lipinski definition) is 4. The first kappa shape index (κ1) is 11.6. The highest BCUT2D eigenvalue weighted by atomic mass is 15.3. The van der Waals surface area contributed by atoms with Crippen molar-refractivity contribution in [2.75, 3.05) is 5.73 Å². The normalized spacial score (nSPS) is 11.9. The van der Waals surface area contributed by atoms with Gasteiger partial charge in [-0.15, -0.1) is 10.2 Å². The van der Waals surface area contributed by atoms with Gasteiger partial charge in [-0.25, -0.2) is 0 Å². The van der Waals surface area contributed by atoms with Crippen molar-refractivity contribution in [1.29, 1.82) is 0 Å². The van der Waals surface area contributed by atoms with Crippen LogP contribution in [0.1, 0.15) is 25.2 Å². The molecule has 0 saturated carbocycles. The van der Waals surface area contributed by atoms with Crippen LogP contribution in [0.4, 0.5) is 5.69 Å². The molecule has 1 aromatic carbocycles. The van der Waals surface area contributed by atoms with Gasteiger partial charge in [0.25, 0.3) is 0 Å². The molecule has 0 unspecified atom stereocenters. The first-order chi connectivity index (χ1) is 9.09. The van der Waals surface area contributed by atoms with Crippen LogP contribution in [0, 0.1) is 0 Å². The summed E-state index contributed by atoms with van der Waals surface area (Å²) in [6.07, 6.45) is 5.32. The Bertz CT molecular complexity index is 712. The third kappa shape index (κ3) is 1.83. The highest BCUT2D eigenvalue weighted by Crippen LogP contribution is 2.30. The number of hydrogen-bond donors (Lipinski definition) is 1. The molecular weight excluding hydrogens is 238 g/mol. The fourth-order valence-electron chi connectivity index (χ4n) is 2.21. The minimum atomic E-state index is -0.255. The van der Waals surface area contributed by atoms with E-state index in [1.807, 2.05) is 34.9 Å². The molecule has 0 spiro atoms. The molecule has 3 aromatic rings. The lowest BCUT2D eigenvalue weighted by atomic mass is 9.83. The summed E-state index contributed by atoms with van der Waals surface area (Å²) in [6.45, 7) is 4.24. The Morgan fingerprint density at radius 1 is 1.11 bits per heavy atom. The molecule has 0 aliphatic rings. The van der Waals surface area contributed by atoms with Crippen LogP contribution in [0.15, 0.2) is 42.9 Å². The summed E-state index contributed by atoms with van der Waals surface area (Å²) >= 11 is 0. The number of rotatable bonds is 2. The minimum Gasteiger partial charge on any atom is -0.399 e. The van der Waals surface area contributed by atoms with Crippen molar-refractivity contribution >= 4 is 11.3 Å². The van der Waals surface area contributed by atoms with Gasteiger partial charge in [0.1, 0.15) is 5.82 Å². The molecule has 0 bridgehead atoms. The van der Waals surface area contributed by atoms with Gasteiger partial charge in [-0.3, -0.25) is 9.38 Å². The Kier molecular flexibility index (Phi) is 2.48. The number of nitrogens with two attached hydrogens (primary N) is 1. The molecule has 5 nitrogen and oxygen atoms in total. The van der Waals surface area contributed by atoms with Crippen molar-refractivity contribution in [3.05, 3.63) is 54.2 Å². The zero-order chi connectivity index (χ0) is 13.5. The first-order valence-corrected chi connectivity index (χ1v) is 6.10. The van der Waals surface area contributed by atoms with Gasteiger partial charge in [0.05, 0.1) is 11.6 Å². The van der Waals surface area contributed by atoms with E-state index in [0.29, 0.717) is 0 Å². The summed E-state index contributed by atoms with van der Waals surface area (Å²) in [5.41, 5.74) is 8.14. The molecule has 0 atom stereocenters. The van der Waals surface area contributed by atoms with Crippen LogP contribution in [0.25, 0.3) is 5.65 Å². The maximum Gasteiger partial charge on any atom is 0.179 e. The average Bonchev–Trinajstić information content (AvgIpc) is 2.83. The zero-order valence-electron chi connectivity index (χ0n) is 10.9. The van der Waals surface area contributed by atoms with Crippen LogP contribution >= 0.6 is 0 Å². The van der Waals surface area contributed by atoms with E-state index in [2.05, 4.69) is 29.0 Å². The number of aromatic nitrogens is 4. The van der Waals surface area contributed by atoms with Crippen LogP contribution in [-0.4, -0.2) is 19.6 Å². The molecule has 2 N–H and O–H groups in total. The van der Waals surface area contributed by atoms with Crippen molar-refractivity contribution in [3.63, 3.8) is 0 Å². The van der Waals surface area contributed by atoms with Crippen molar-refractivity contribution in [2.24, 2.45) is 0 Å². The lowest BCUT2D eigenvalue weighted by molar-refractivity contribution is 0.582. The molecule has 0 saturated heterocycles. The third-order valence-electron chi connectivity index (χ3n) is 3.41. The molecule has 96 valence electrons. The zero-order valence-corrected chi connectivity index (χ0v) is 10.9. The molecular formula is C14H15N5.